The molecule has 1 heterocycles. The van der Waals surface area contributed by atoms with Crippen LogP contribution in [-0.4, -0.2) is 28.7 Å². The van der Waals surface area contributed by atoms with E-state index in [-0.39, 0.29) is 10.3 Å². The number of aliphatic carboxylic acids is 1. The average molecular weight is 558 g/mol. The maximum Gasteiger partial charge on any atom is 0.501 e. The molecule has 1 aromatic rings. The smallest absolute Gasteiger partial charge is 0.474 e. The second-order valence-electron chi connectivity index (χ2n) is 4.16. The molecule has 1 saturated heterocycles. The lowest BCUT2D eigenvalue weighted by Crippen LogP contribution is -2.35. The quantitative estimate of drug-likeness (QED) is 0.538. The molecule has 0 amide bonds. The summed E-state index contributed by atoms with van der Waals surface area (Å²) in [7, 11) is 0. The highest BCUT2D eigenvalue weighted by molar-refractivity contribution is 14.1. The molecule has 0 saturated carbocycles. The minimum absolute atomic E-state index is 0.0850. The first-order valence-corrected chi connectivity index (χ1v) is 10.1. The zero-order valence-electron chi connectivity index (χ0n) is 10.4. The lowest BCUT2D eigenvalue weighted by Gasteiger charge is -2.23. The van der Waals surface area contributed by atoms with E-state index < -0.39 is 12.1 Å². The third-order valence-corrected chi connectivity index (χ3v) is 7.22. The van der Waals surface area contributed by atoms with Crippen LogP contribution in [0.25, 0.3) is 0 Å². The van der Waals surface area contributed by atoms with Gasteiger partial charge in [-0.05, 0) is 80.8 Å². The number of hydrogen-bond acceptors (Lipinski definition) is 4. The summed E-state index contributed by atoms with van der Waals surface area (Å²) in [4.78, 5) is 10.5. The molecule has 0 atom stereocenters. The summed E-state index contributed by atoms with van der Waals surface area (Å²) < 4.78 is 32.1. The Balaban J connectivity index is 2.27. The Morgan fingerprint density at radius 1 is 1.29 bits per heavy atom. The van der Waals surface area contributed by atoms with Gasteiger partial charge in [0.2, 0.25) is 0 Å². The molecule has 0 radical (unpaired) electrons. The second kappa shape index (κ2) is 7.39. The predicted molar refractivity (Wildman–Crippen MR) is 97.4 cm³/mol. The number of ether oxygens (including phenoxy) is 1. The molecule has 2 rings (SSSR count). The van der Waals surface area contributed by atoms with Crippen molar-refractivity contribution in [1.82, 2.24) is 0 Å². The number of hydrogen-bond donors (Lipinski definition) is 1. The highest BCUT2D eigenvalue weighted by Gasteiger charge is 2.43. The summed E-state index contributed by atoms with van der Waals surface area (Å²) in [5.41, 5.74) is 1.05. The Kier molecular flexibility index (Phi) is 6.28. The maximum atomic E-state index is 13.2. The number of alkyl halides is 2. The summed E-state index contributed by atoms with van der Waals surface area (Å²) in [5, 5.41) is 8.46. The van der Waals surface area contributed by atoms with Crippen molar-refractivity contribution in [3.63, 3.8) is 0 Å². The standard InChI is InChI=1S/C12H10F2I2O3S2/c13-12(14,11(17)18)19-9-7(15)4-6(5-8(9)16)10-20-2-1-3-21-10/h4-5,10H,1-3H2,(H,17,18). The van der Waals surface area contributed by atoms with Gasteiger partial charge in [-0.3, -0.25) is 0 Å². The number of carboxylic acids is 1. The molecule has 9 heteroatoms. The normalized spacial score (nSPS) is 16.8. The zero-order chi connectivity index (χ0) is 15.6. The van der Waals surface area contributed by atoms with Gasteiger partial charge in [-0.25, -0.2) is 4.79 Å². The second-order valence-corrected chi connectivity index (χ2v) is 9.21. The Bertz CT molecular complexity index is 528. The molecule has 0 aromatic heterocycles. The zero-order valence-corrected chi connectivity index (χ0v) is 16.4. The van der Waals surface area contributed by atoms with E-state index >= 15 is 0 Å². The number of halogens is 4. The average Bonchev–Trinajstić information content (AvgIpc) is 2.43. The molecule has 116 valence electrons. The molecule has 1 aromatic carbocycles. The van der Waals surface area contributed by atoms with Crippen molar-refractivity contribution in [2.24, 2.45) is 0 Å². The van der Waals surface area contributed by atoms with Crippen molar-refractivity contribution >= 4 is 74.7 Å². The molecule has 0 unspecified atom stereocenters. The molecule has 0 aliphatic carbocycles. The highest BCUT2D eigenvalue weighted by Crippen LogP contribution is 2.45. The third kappa shape index (κ3) is 4.50. The van der Waals surface area contributed by atoms with Crippen molar-refractivity contribution in [3.05, 3.63) is 24.8 Å². The van der Waals surface area contributed by atoms with Crippen LogP contribution in [0.5, 0.6) is 5.75 Å². The molecule has 0 spiro atoms. The van der Waals surface area contributed by atoms with Gasteiger partial charge in [0.25, 0.3) is 0 Å². The monoisotopic (exact) mass is 558 g/mol. The van der Waals surface area contributed by atoms with Crippen molar-refractivity contribution in [1.29, 1.82) is 0 Å². The fourth-order valence-electron chi connectivity index (χ4n) is 1.67. The summed E-state index contributed by atoms with van der Waals surface area (Å²) in [6, 6.07) is 3.57. The topological polar surface area (TPSA) is 46.5 Å². The molecule has 3 nitrogen and oxygen atoms in total. The first kappa shape index (κ1) is 17.9. The van der Waals surface area contributed by atoms with Gasteiger partial charge in [-0.15, -0.1) is 23.5 Å². The molecule has 0 bridgehead atoms. The van der Waals surface area contributed by atoms with Crippen molar-refractivity contribution in [3.8, 4) is 5.75 Å². The van der Waals surface area contributed by atoms with E-state index in [0.29, 0.717) is 7.14 Å². The lowest BCUT2D eigenvalue weighted by atomic mass is 10.2. The van der Waals surface area contributed by atoms with Crippen LogP contribution in [0.3, 0.4) is 0 Å². The highest BCUT2D eigenvalue weighted by atomic mass is 127. The van der Waals surface area contributed by atoms with E-state index in [9.17, 15) is 13.6 Å². The van der Waals surface area contributed by atoms with E-state index in [1.807, 2.05) is 68.7 Å². The Labute approximate surface area is 156 Å². The third-order valence-electron chi connectivity index (χ3n) is 2.60. The van der Waals surface area contributed by atoms with Gasteiger partial charge in [0.05, 0.1) is 11.7 Å². The summed E-state index contributed by atoms with van der Waals surface area (Å²) in [6.07, 6.45) is -3.05. The van der Waals surface area contributed by atoms with Gasteiger partial charge in [0, 0.05) is 0 Å². The van der Waals surface area contributed by atoms with Gasteiger partial charge in [0.1, 0.15) is 0 Å². The van der Waals surface area contributed by atoms with Crippen LogP contribution in [0.15, 0.2) is 12.1 Å². The Morgan fingerprint density at radius 2 is 1.81 bits per heavy atom. The van der Waals surface area contributed by atoms with Gasteiger partial charge in [-0.2, -0.15) is 8.78 Å². The molecule has 21 heavy (non-hydrogen) atoms. The molecule has 1 N–H and O–H groups in total. The number of rotatable bonds is 4. The van der Waals surface area contributed by atoms with Crippen molar-refractivity contribution < 1.29 is 23.4 Å². The first-order chi connectivity index (χ1) is 9.81. The Morgan fingerprint density at radius 3 is 2.29 bits per heavy atom. The van der Waals surface area contributed by atoms with E-state index in [1.54, 1.807) is 12.1 Å². The fraction of sp³-hybridized carbons (Fsp3) is 0.417. The molecular weight excluding hydrogens is 548 g/mol. The lowest BCUT2D eigenvalue weighted by molar-refractivity contribution is -0.211. The summed E-state index contributed by atoms with van der Waals surface area (Å²) >= 11 is 7.45. The van der Waals surface area contributed by atoms with Crippen LogP contribution < -0.4 is 4.74 Å². The van der Waals surface area contributed by atoms with Crippen LogP contribution in [0.2, 0.25) is 0 Å². The maximum absolute atomic E-state index is 13.2. The van der Waals surface area contributed by atoms with E-state index in [1.165, 1.54) is 6.42 Å². The van der Waals surface area contributed by atoms with Crippen LogP contribution in [-0.2, 0) is 4.79 Å². The number of benzene rings is 1. The van der Waals surface area contributed by atoms with Gasteiger partial charge >= 0.3 is 12.1 Å². The number of carboxylic acid groups (broad SMARTS) is 1. The van der Waals surface area contributed by atoms with Crippen molar-refractivity contribution in [2.45, 2.75) is 17.1 Å². The molecule has 1 aliphatic rings. The van der Waals surface area contributed by atoms with Crippen LogP contribution in [0.4, 0.5) is 8.78 Å². The molecular formula is C12H10F2I2O3S2. The molecule has 1 fully saturated rings. The van der Waals surface area contributed by atoms with Crippen LogP contribution >= 0.6 is 68.7 Å². The Hall–Kier alpha value is 0.510. The van der Waals surface area contributed by atoms with E-state index in [0.717, 1.165) is 17.1 Å². The van der Waals surface area contributed by atoms with Gasteiger partial charge < -0.3 is 9.84 Å². The number of carbonyl (C=O) groups is 1. The largest absolute Gasteiger partial charge is 0.501 e. The van der Waals surface area contributed by atoms with Crippen LogP contribution in [0.1, 0.15) is 16.6 Å². The number of thioether (sulfide) groups is 2. The van der Waals surface area contributed by atoms with Gasteiger partial charge in [-0.1, -0.05) is 0 Å². The van der Waals surface area contributed by atoms with E-state index in [2.05, 4.69) is 4.74 Å². The summed E-state index contributed by atoms with van der Waals surface area (Å²) in [6.45, 7) is 0. The molecule has 1 aliphatic heterocycles. The van der Waals surface area contributed by atoms with E-state index in [4.69, 9.17) is 5.11 Å². The predicted octanol–water partition coefficient (Wildman–Crippen LogP) is 4.82. The first-order valence-electron chi connectivity index (χ1n) is 5.83. The minimum Gasteiger partial charge on any atom is -0.474 e. The van der Waals surface area contributed by atoms with Crippen molar-refractivity contribution in [2.75, 3.05) is 11.5 Å². The van der Waals surface area contributed by atoms with Crippen LogP contribution in [0, 0.1) is 7.14 Å². The summed E-state index contributed by atoms with van der Waals surface area (Å²) in [5.74, 6) is -0.213. The fourth-order valence-corrected chi connectivity index (χ4v) is 6.55. The minimum atomic E-state index is -4.23. The van der Waals surface area contributed by atoms with Gasteiger partial charge in [0.15, 0.2) is 5.75 Å². The SMILES string of the molecule is O=C(O)C(F)(F)Oc1c(I)cc(C2SCCCS2)cc1I.